The van der Waals surface area contributed by atoms with Crippen LogP contribution in [0.25, 0.3) is 0 Å². The van der Waals surface area contributed by atoms with Crippen molar-refractivity contribution >= 4 is 0 Å². The van der Waals surface area contributed by atoms with Crippen LogP contribution in [-0.4, -0.2) is 23.4 Å². The van der Waals surface area contributed by atoms with E-state index >= 15 is 0 Å². The molecule has 2 N–H and O–H groups in total. The van der Waals surface area contributed by atoms with E-state index in [2.05, 4.69) is 0 Å². The Hall–Kier alpha value is 1.18. The molecule has 0 bridgehead atoms. The molecular formula is C10H22ArO2. The van der Waals surface area contributed by atoms with Gasteiger partial charge in [-0.25, -0.2) is 0 Å². The number of hydrogen-bond acceptors (Lipinski definition) is 2. The summed E-state index contributed by atoms with van der Waals surface area (Å²) in [4.78, 5) is 0. The zero-order valence-corrected chi connectivity index (χ0v) is 9.03. The quantitative estimate of drug-likeness (QED) is 0.577. The predicted octanol–water partition coefficient (Wildman–Crippen LogP) is 2.09. The van der Waals surface area contributed by atoms with Crippen LogP contribution in [0.15, 0.2) is 0 Å². The van der Waals surface area contributed by atoms with E-state index in [9.17, 15) is 0 Å². The molecule has 13 heavy (non-hydrogen) atoms. The minimum atomic E-state index is 0. The van der Waals surface area contributed by atoms with Crippen molar-refractivity contribution in [3.05, 3.63) is 0 Å². The molecule has 0 aliphatic rings. The van der Waals surface area contributed by atoms with Crippen LogP contribution in [0.4, 0.5) is 0 Å². The largest absolute Gasteiger partial charge is 0.396 e. The summed E-state index contributed by atoms with van der Waals surface area (Å²) in [7, 11) is 0. The molecule has 0 aliphatic carbocycles. The van der Waals surface area contributed by atoms with E-state index < -0.39 is 0 Å². The number of aliphatic hydroxyl groups is 2. The molecule has 0 heterocycles. The van der Waals surface area contributed by atoms with Crippen molar-refractivity contribution in [3.8, 4) is 0 Å². The summed E-state index contributed by atoms with van der Waals surface area (Å²) in [5.74, 6) is 0. The predicted molar refractivity (Wildman–Crippen MR) is 51.1 cm³/mol. The van der Waals surface area contributed by atoms with Gasteiger partial charge < -0.3 is 10.2 Å². The van der Waals surface area contributed by atoms with E-state index in [4.69, 9.17) is 10.2 Å². The second-order valence-corrected chi connectivity index (χ2v) is 3.28. The van der Waals surface area contributed by atoms with Crippen LogP contribution in [-0.2, 0) is 0 Å². The van der Waals surface area contributed by atoms with Gasteiger partial charge in [-0.3, -0.25) is 0 Å². The third kappa shape index (κ3) is 15.9. The van der Waals surface area contributed by atoms with Crippen molar-refractivity contribution in [3.63, 3.8) is 0 Å². The minimum absolute atomic E-state index is 0. The molecule has 0 aromatic carbocycles. The zero-order valence-electron chi connectivity index (χ0n) is 8.32. The van der Waals surface area contributed by atoms with Crippen LogP contribution in [0.3, 0.4) is 0 Å². The Morgan fingerprint density at radius 3 is 0.923 bits per heavy atom. The van der Waals surface area contributed by atoms with Gasteiger partial charge in [0, 0.05) is 51.0 Å². The average Bonchev–Trinajstić information content (AvgIpc) is 2.10. The van der Waals surface area contributed by atoms with Crippen LogP contribution >= 0.6 is 0 Å². The third-order valence-electron chi connectivity index (χ3n) is 2.07. The van der Waals surface area contributed by atoms with Gasteiger partial charge in [-0.05, 0) is 12.8 Å². The maximum absolute atomic E-state index is 8.51. The van der Waals surface area contributed by atoms with E-state index in [1.165, 1.54) is 25.7 Å². The van der Waals surface area contributed by atoms with Crippen LogP contribution in [0.1, 0.15) is 51.4 Å². The van der Waals surface area contributed by atoms with Gasteiger partial charge in [0.25, 0.3) is 0 Å². The van der Waals surface area contributed by atoms with Gasteiger partial charge in [0.15, 0.2) is 0 Å². The molecule has 0 fully saturated rings. The van der Waals surface area contributed by atoms with Gasteiger partial charge in [-0.1, -0.05) is 38.5 Å². The van der Waals surface area contributed by atoms with Crippen LogP contribution in [0.2, 0.25) is 0 Å². The molecule has 0 saturated heterocycles. The summed E-state index contributed by atoms with van der Waals surface area (Å²) in [6.45, 7) is 0.676. The van der Waals surface area contributed by atoms with E-state index in [-0.39, 0.29) is 37.7 Å². The normalized spacial score (nSPS) is 9.69. The molecule has 2 nitrogen and oxygen atoms in total. The summed E-state index contributed by atoms with van der Waals surface area (Å²) < 4.78 is 0. The van der Waals surface area contributed by atoms with Gasteiger partial charge >= 0.3 is 0 Å². The fraction of sp³-hybridized carbons (Fsp3) is 1.00. The maximum atomic E-state index is 8.51. The maximum Gasteiger partial charge on any atom is 0.0431 e. The molecular weight excluding hydrogens is 192 g/mol. The summed E-state index contributed by atoms with van der Waals surface area (Å²) in [5, 5.41) is 17.0. The Morgan fingerprint density at radius 2 is 0.692 bits per heavy atom. The molecule has 82 valence electrons. The molecule has 0 atom stereocenters. The van der Waals surface area contributed by atoms with E-state index in [1.807, 2.05) is 0 Å². The molecule has 0 rings (SSSR count). The second kappa shape index (κ2) is 15.6. The van der Waals surface area contributed by atoms with Crippen molar-refractivity contribution in [2.24, 2.45) is 0 Å². The minimum Gasteiger partial charge on any atom is -0.396 e. The number of aliphatic hydroxyl groups excluding tert-OH is 2. The molecule has 0 amide bonds. The Morgan fingerprint density at radius 1 is 0.462 bits per heavy atom. The molecule has 0 aromatic rings. The third-order valence-corrected chi connectivity index (χ3v) is 2.07. The average molecular weight is 214 g/mol. The Kier molecular flexibility index (Phi) is 20.0. The standard InChI is InChI=1S/C10H22O2.Ar/c11-9-7-5-3-1-2-4-6-8-10-12;/h11-12H,1-10H2;. The van der Waals surface area contributed by atoms with Crippen molar-refractivity contribution in [1.29, 1.82) is 0 Å². The molecule has 3 heteroatoms. The van der Waals surface area contributed by atoms with Crippen LogP contribution in [0, 0.1) is 37.7 Å². The van der Waals surface area contributed by atoms with Gasteiger partial charge in [0.05, 0.1) is 0 Å². The van der Waals surface area contributed by atoms with Gasteiger partial charge in [-0.2, -0.15) is 0 Å². The summed E-state index contributed by atoms with van der Waals surface area (Å²) in [6, 6.07) is 0. The zero-order chi connectivity index (χ0) is 9.07. The first-order valence-corrected chi connectivity index (χ1v) is 5.13. The smallest absolute Gasteiger partial charge is 0.0431 e. The van der Waals surface area contributed by atoms with Gasteiger partial charge in [0.1, 0.15) is 0 Å². The van der Waals surface area contributed by atoms with Crippen molar-refractivity contribution in [1.82, 2.24) is 0 Å². The molecule has 0 aliphatic heterocycles. The van der Waals surface area contributed by atoms with Gasteiger partial charge in [0.2, 0.25) is 0 Å². The fourth-order valence-corrected chi connectivity index (χ4v) is 1.28. The topological polar surface area (TPSA) is 40.5 Å². The first-order valence-electron chi connectivity index (χ1n) is 5.13. The molecule has 0 saturated carbocycles. The Labute approximate surface area is 112 Å². The second-order valence-electron chi connectivity index (χ2n) is 3.28. The monoisotopic (exact) mass is 214 g/mol. The van der Waals surface area contributed by atoms with E-state index in [1.54, 1.807) is 0 Å². The van der Waals surface area contributed by atoms with Crippen molar-refractivity contribution in [2.75, 3.05) is 13.2 Å². The molecule has 0 aromatic heterocycles. The van der Waals surface area contributed by atoms with Crippen molar-refractivity contribution in [2.45, 2.75) is 51.4 Å². The Balaban J connectivity index is 0. The first-order chi connectivity index (χ1) is 5.91. The SMILES string of the molecule is OCCCCCCCCCCO.[Ar]. The van der Waals surface area contributed by atoms with Crippen LogP contribution in [0.5, 0.6) is 0 Å². The van der Waals surface area contributed by atoms with Crippen molar-refractivity contribution < 1.29 is 48.0 Å². The molecule has 0 spiro atoms. The number of unbranched alkanes of at least 4 members (excludes halogenated alkanes) is 7. The summed E-state index contributed by atoms with van der Waals surface area (Å²) >= 11 is 0. The van der Waals surface area contributed by atoms with E-state index in [0.29, 0.717) is 13.2 Å². The Bertz CT molecular complexity index is 69.3. The van der Waals surface area contributed by atoms with Crippen LogP contribution < -0.4 is 0 Å². The van der Waals surface area contributed by atoms with Gasteiger partial charge in [-0.15, -0.1) is 0 Å². The number of rotatable bonds is 9. The van der Waals surface area contributed by atoms with E-state index in [0.717, 1.165) is 25.7 Å². The molecule has 0 unspecified atom stereocenters. The summed E-state index contributed by atoms with van der Waals surface area (Å²) in [6.07, 6.45) is 9.30. The first kappa shape index (κ1) is 16.6. The summed E-state index contributed by atoms with van der Waals surface area (Å²) in [5.41, 5.74) is 0. The fourth-order valence-electron chi connectivity index (χ4n) is 1.28. The molecule has 0 radical (unpaired) electrons. The number of hydrogen-bond donors (Lipinski definition) is 2.